The fourth-order valence-corrected chi connectivity index (χ4v) is 5.72. The van der Waals surface area contributed by atoms with Crippen LogP contribution in [0.5, 0.6) is 0 Å². The summed E-state index contributed by atoms with van der Waals surface area (Å²) in [5.74, 6) is -0.185. The normalized spacial score (nSPS) is 23.1. The average Bonchev–Trinajstić information content (AvgIpc) is 2.82. The second-order valence-electron chi connectivity index (χ2n) is 5.40. The minimum atomic E-state index is -4.50. The van der Waals surface area contributed by atoms with Crippen molar-refractivity contribution in [3.05, 3.63) is 33.1 Å². The molecule has 10 nitrogen and oxygen atoms in total. The smallest absolute Gasteiger partial charge is 0.344 e. The Morgan fingerprint density at radius 2 is 2.04 bits per heavy atom. The minimum Gasteiger partial charge on any atom is -0.355 e. The molecule has 132 valence electrons. The summed E-state index contributed by atoms with van der Waals surface area (Å²) in [6.45, 7) is 0. The summed E-state index contributed by atoms with van der Waals surface area (Å²) in [4.78, 5) is 42.4. The molecule has 1 aliphatic rings. The van der Waals surface area contributed by atoms with Gasteiger partial charge in [0.1, 0.15) is 11.7 Å². The van der Waals surface area contributed by atoms with Gasteiger partial charge in [-0.2, -0.15) is 10.6 Å². The van der Waals surface area contributed by atoms with Crippen molar-refractivity contribution in [2.24, 2.45) is 0 Å². The van der Waals surface area contributed by atoms with Crippen LogP contribution in [0.3, 0.4) is 0 Å². The van der Waals surface area contributed by atoms with Gasteiger partial charge in [0, 0.05) is 18.0 Å². The lowest BCUT2D eigenvalue weighted by Crippen LogP contribution is -2.31. The highest BCUT2D eigenvalue weighted by Gasteiger charge is 2.30. The van der Waals surface area contributed by atoms with E-state index in [4.69, 9.17) is 14.5 Å². The summed E-state index contributed by atoms with van der Waals surface area (Å²) in [5, 5.41) is 0. The molecule has 2 rings (SSSR count). The van der Waals surface area contributed by atoms with Gasteiger partial charge in [-0.15, -0.1) is 0 Å². The van der Waals surface area contributed by atoms with Crippen LogP contribution in [0.2, 0.25) is 0 Å². The molecule has 0 aromatic carbocycles. The van der Waals surface area contributed by atoms with Gasteiger partial charge in [-0.25, -0.2) is 4.79 Å². The number of hydrogen-bond donors (Lipinski definition) is 5. The van der Waals surface area contributed by atoms with E-state index in [9.17, 15) is 23.3 Å². The maximum atomic E-state index is 11.7. The van der Waals surface area contributed by atoms with Crippen molar-refractivity contribution in [2.75, 3.05) is 11.2 Å². The highest BCUT2D eigenvalue weighted by Crippen LogP contribution is 2.53. The average molecular weight is 370 g/mol. The quantitative estimate of drug-likeness (QED) is 0.452. The number of H-pyrrole nitrogens is 1. The molecule has 0 spiro atoms. The molecule has 5 N–H and O–H groups in total. The van der Waals surface area contributed by atoms with Crippen LogP contribution in [0.4, 0.5) is 0 Å². The van der Waals surface area contributed by atoms with E-state index in [0.717, 1.165) is 0 Å². The standard InChI is InChI=1S/C11H19N2O8PS/c14-9-3-5-13(11(15)12-9)10-2-1-8(21-10)4-6-23(19,20)7-22(16,17)18/h3,5,8,10,19-20H,1-2,4,6-7H2,(H,12,14,15)(H2,16,17,18). The first-order valence-corrected chi connectivity index (χ1v) is 10.5. The maximum absolute atomic E-state index is 11.7. The molecule has 2 unspecified atom stereocenters. The molecule has 0 saturated carbocycles. The summed E-state index contributed by atoms with van der Waals surface area (Å²) in [5.41, 5.74) is -2.06. The topological polar surface area (TPSA) is 162 Å². The lowest BCUT2D eigenvalue weighted by atomic mass is 10.2. The Morgan fingerprint density at radius 1 is 1.35 bits per heavy atom. The summed E-state index contributed by atoms with van der Waals surface area (Å²) < 4.78 is 37.0. The molecule has 23 heavy (non-hydrogen) atoms. The molecule has 1 aromatic rings. The number of nitrogens with zero attached hydrogens (tertiary/aromatic N) is 1. The van der Waals surface area contributed by atoms with E-state index in [1.165, 1.54) is 16.8 Å². The summed E-state index contributed by atoms with van der Waals surface area (Å²) >= 11 is 0. The first-order chi connectivity index (χ1) is 10.6. The van der Waals surface area contributed by atoms with Gasteiger partial charge in [0.05, 0.1) is 6.10 Å². The van der Waals surface area contributed by atoms with Crippen molar-refractivity contribution < 1.29 is 28.2 Å². The van der Waals surface area contributed by atoms with Crippen molar-refractivity contribution in [2.45, 2.75) is 31.6 Å². The lowest BCUT2D eigenvalue weighted by molar-refractivity contribution is -0.00184. The predicted octanol–water partition coefficient (Wildman–Crippen LogP) is 0.490. The molecule has 0 amide bonds. The number of hydrogen-bond acceptors (Lipinski definition) is 6. The monoisotopic (exact) mass is 370 g/mol. The van der Waals surface area contributed by atoms with Gasteiger partial charge in [0.25, 0.3) is 5.56 Å². The molecule has 1 fully saturated rings. The molecule has 1 aliphatic heterocycles. The largest absolute Gasteiger partial charge is 0.355 e. The van der Waals surface area contributed by atoms with Crippen LogP contribution in [-0.2, 0) is 9.30 Å². The second-order valence-corrected chi connectivity index (χ2v) is 9.77. The van der Waals surface area contributed by atoms with Crippen LogP contribution in [-0.4, -0.2) is 45.8 Å². The Hall–Kier alpha value is -0.940. The van der Waals surface area contributed by atoms with E-state index < -0.39 is 41.2 Å². The number of aromatic nitrogens is 2. The van der Waals surface area contributed by atoms with Crippen LogP contribution >= 0.6 is 18.2 Å². The Kier molecular flexibility index (Phi) is 5.52. The molecular weight excluding hydrogens is 351 g/mol. The van der Waals surface area contributed by atoms with Gasteiger partial charge >= 0.3 is 13.3 Å². The Bertz CT molecular complexity index is 710. The molecule has 0 aliphatic carbocycles. The SMILES string of the molecule is O=c1ccn(C2CCC(CCS(O)(O)CP(=O)(O)O)O2)c(=O)[nH]1. The predicted molar refractivity (Wildman–Crippen MR) is 83.7 cm³/mol. The number of nitrogens with one attached hydrogen (secondary N) is 1. The van der Waals surface area contributed by atoms with E-state index in [1.54, 1.807) is 0 Å². The van der Waals surface area contributed by atoms with Gasteiger partial charge in [0.2, 0.25) is 0 Å². The van der Waals surface area contributed by atoms with Crippen molar-refractivity contribution >= 4 is 18.2 Å². The van der Waals surface area contributed by atoms with Crippen LogP contribution in [0.25, 0.3) is 0 Å². The third-order valence-electron chi connectivity index (χ3n) is 3.39. The zero-order valence-corrected chi connectivity index (χ0v) is 13.8. The zero-order valence-electron chi connectivity index (χ0n) is 12.1. The van der Waals surface area contributed by atoms with Crippen molar-refractivity contribution in [3.63, 3.8) is 0 Å². The third kappa shape index (κ3) is 5.57. The number of aromatic amines is 1. The van der Waals surface area contributed by atoms with Gasteiger partial charge in [-0.3, -0.25) is 28.0 Å². The zero-order chi connectivity index (χ0) is 17.3. The third-order valence-corrected chi connectivity index (χ3v) is 7.28. The van der Waals surface area contributed by atoms with Crippen LogP contribution in [0.15, 0.2) is 21.9 Å². The van der Waals surface area contributed by atoms with Gasteiger partial charge in [-0.05, 0) is 19.3 Å². The van der Waals surface area contributed by atoms with Gasteiger partial charge < -0.3 is 14.5 Å². The Balaban J connectivity index is 1.92. The molecule has 0 bridgehead atoms. The van der Waals surface area contributed by atoms with E-state index in [2.05, 4.69) is 4.98 Å². The first-order valence-electron chi connectivity index (χ1n) is 6.81. The van der Waals surface area contributed by atoms with Crippen molar-refractivity contribution in [1.82, 2.24) is 9.55 Å². The lowest BCUT2D eigenvalue weighted by Gasteiger charge is -2.32. The van der Waals surface area contributed by atoms with Gasteiger partial charge in [-0.1, -0.05) is 0 Å². The summed E-state index contributed by atoms with van der Waals surface area (Å²) in [7, 11) is -7.88. The summed E-state index contributed by atoms with van der Waals surface area (Å²) in [6, 6.07) is 1.20. The summed E-state index contributed by atoms with van der Waals surface area (Å²) in [6.07, 6.45) is 1.68. The van der Waals surface area contributed by atoms with E-state index in [0.29, 0.717) is 12.8 Å². The van der Waals surface area contributed by atoms with Crippen LogP contribution in [0.1, 0.15) is 25.5 Å². The van der Waals surface area contributed by atoms with Crippen molar-refractivity contribution in [3.8, 4) is 0 Å². The van der Waals surface area contributed by atoms with E-state index >= 15 is 0 Å². The molecule has 12 heteroatoms. The molecule has 2 heterocycles. The highest BCUT2D eigenvalue weighted by atomic mass is 32.3. The van der Waals surface area contributed by atoms with E-state index in [1.807, 2.05) is 0 Å². The van der Waals surface area contributed by atoms with E-state index in [-0.39, 0.29) is 18.3 Å². The molecule has 0 radical (unpaired) electrons. The fourth-order valence-electron chi connectivity index (χ4n) is 2.41. The first kappa shape index (κ1) is 18.4. The number of ether oxygens (including phenoxy) is 1. The second kappa shape index (κ2) is 6.89. The Morgan fingerprint density at radius 3 is 2.65 bits per heavy atom. The van der Waals surface area contributed by atoms with Crippen LogP contribution < -0.4 is 11.2 Å². The fraction of sp³-hybridized carbons (Fsp3) is 0.636. The minimum absolute atomic E-state index is 0.185. The Labute approximate surface area is 132 Å². The highest BCUT2D eigenvalue weighted by molar-refractivity contribution is 8.27. The maximum Gasteiger partial charge on any atom is 0.344 e. The molecule has 1 saturated heterocycles. The van der Waals surface area contributed by atoms with Crippen LogP contribution in [0, 0.1) is 0 Å². The molecule has 1 aromatic heterocycles. The molecular formula is C11H19N2O8PS. The van der Waals surface area contributed by atoms with Gasteiger partial charge in [0.15, 0.2) is 0 Å². The molecule has 2 atom stereocenters. The number of rotatable bonds is 6. The van der Waals surface area contributed by atoms with Crippen molar-refractivity contribution in [1.29, 1.82) is 0 Å².